The number of nitrogens with zero attached hydrogens (tertiary/aromatic N) is 5. The third kappa shape index (κ3) is 5.49. The molecule has 6 N–H and O–H groups in total. The van der Waals surface area contributed by atoms with E-state index in [-0.39, 0.29) is 66.9 Å². The molecule has 1 aromatic heterocycles. The number of nitrogen functional groups attached to an aromatic ring is 1. The number of nitrogens with one attached hydrogen (secondary N) is 2. The Morgan fingerprint density at radius 1 is 0.688 bits per heavy atom. The third-order valence-corrected chi connectivity index (χ3v) is 9.43. The van der Waals surface area contributed by atoms with Gasteiger partial charge in [0.1, 0.15) is 38.0 Å². The quantitative estimate of drug-likeness (QED) is 0.110. The molecule has 4 aromatic carbocycles. The second-order valence-corrected chi connectivity index (χ2v) is 13.6. The number of benzene rings is 4. The van der Waals surface area contributed by atoms with E-state index >= 15 is 0 Å². The first-order valence-electron chi connectivity index (χ1n) is 13.4. The lowest BCUT2D eigenvalue weighted by Crippen LogP contribution is -2.23. The Morgan fingerprint density at radius 2 is 1.21 bits per heavy atom. The number of ether oxygens (including phenoxy) is 2. The molecule has 3 heterocycles. The number of aromatic nitrogens is 3. The molecule has 0 aliphatic carbocycles. The molecule has 16 nitrogen and oxygen atoms in total. The summed E-state index contributed by atoms with van der Waals surface area (Å²) in [6, 6.07) is 14.2. The number of fused-ring (bicyclic) bond motifs is 4. The second kappa shape index (κ2) is 11.3. The molecule has 0 saturated carbocycles. The minimum Gasteiger partial charge on any atom is -0.450 e. The van der Waals surface area contributed by atoms with Crippen LogP contribution in [0.25, 0.3) is 0 Å². The summed E-state index contributed by atoms with van der Waals surface area (Å²) in [4.78, 5) is 20.1. The van der Waals surface area contributed by atoms with Gasteiger partial charge in [-0.3, -0.25) is 9.11 Å². The third-order valence-electron chi connectivity index (χ3n) is 6.87. The highest BCUT2D eigenvalue weighted by molar-refractivity contribution is 7.86. The molecular weight excluding hydrogens is 711 g/mol. The first kappa shape index (κ1) is 31.5. The molecule has 244 valence electrons. The van der Waals surface area contributed by atoms with E-state index in [1.54, 1.807) is 19.1 Å². The molecule has 0 bridgehead atoms. The van der Waals surface area contributed by atoms with Gasteiger partial charge in [-0.25, -0.2) is 9.98 Å². The van der Waals surface area contributed by atoms with Gasteiger partial charge in [0.2, 0.25) is 11.9 Å². The van der Waals surface area contributed by atoms with E-state index in [2.05, 4.69) is 35.6 Å². The number of halogens is 2. The summed E-state index contributed by atoms with van der Waals surface area (Å²) in [6.07, 6.45) is 0. The predicted molar refractivity (Wildman–Crippen MR) is 173 cm³/mol. The Hall–Kier alpha value is -5.11. The van der Waals surface area contributed by atoms with Crippen LogP contribution in [-0.2, 0) is 20.2 Å². The van der Waals surface area contributed by atoms with E-state index in [9.17, 15) is 25.9 Å². The van der Waals surface area contributed by atoms with Crippen molar-refractivity contribution in [3.05, 3.63) is 81.2 Å². The normalized spacial score (nSPS) is 12.9. The standard InChI is InChI=1S/C28H18Cl2N8O8S2/c1-11-32-27(34-12-5-3-2-4-6-12)38-28(33-11)37-16-10-9-15-22(26(16)48(42,43)44)46-24-18(30)19-23(17(29)20(24)36-15)45-21-14(35-19)8-7-13(31)25(21)47(39,40)41/h2-10H,31H2,1H3,(H,39,40,41)(H,42,43,44)(H2,32,33,34,37,38). The van der Waals surface area contributed by atoms with Crippen LogP contribution in [0.3, 0.4) is 0 Å². The van der Waals surface area contributed by atoms with Gasteiger partial charge in [0.05, 0.1) is 11.4 Å². The van der Waals surface area contributed by atoms with Crippen LogP contribution in [0.5, 0.6) is 23.0 Å². The highest BCUT2D eigenvalue weighted by atomic mass is 35.5. The summed E-state index contributed by atoms with van der Waals surface area (Å²) in [5.41, 5.74) is 5.83. The van der Waals surface area contributed by atoms with Gasteiger partial charge in [-0.1, -0.05) is 41.4 Å². The monoisotopic (exact) mass is 728 g/mol. The Balaban J connectivity index is 1.34. The van der Waals surface area contributed by atoms with Crippen molar-refractivity contribution in [1.29, 1.82) is 0 Å². The molecule has 0 unspecified atom stereocenters. The molecule has 7 rings (SSSR count). The van der Waals surface area contributed by atoms with Crippen molar-refractivity contribution in [2.75, 3.05) is 16.4 Å². The van der Waals surface area contributed by atoms with Crippen molar-refractivity contribution in [3.8, 4) is 23.0 Å². The van der Waals surface area contributed by atoms with Gasteiger partial charge in [0, 0.05) is 5.69 Å². The van der Waals surface area contributed by atoms with E-state index in [4.69, 9.17) is 38.4 Å². The van der Waals surface area contributed by atoms with Crippen molar-refractivity contribution in [2.45, 2.75) is 16.7 Å². The highest BCUT2D eigenvalue weighted by Crippen LogP contribution is 2.48. The van der Waals surface area contributed by atoms with E-state index < -0.39 is 41.5 Å². The van der Waals surface area contributed by atoms with Crippen molar-refractivity contribution in [2.24, 2.45) is 9.98 Å². The minimum atomic E-state index is -5.02. The van der Waals surface area contributed by atoms with Gasteiger partial charge in [-0.05, 0) is 43.3 Å². The first-order valence-corrected chi connectivity index (χ1v) is 17.0. The zero-order valence-corrected chi connectivity index (χ0v) is 27.1. The van der Waals surface area contributed by atoms with Crippen molar-refractivity contribution in [1.82, 2.24) is 15.0 Å². The van der Waals surface area contributed by atoms with Gasteiger partial charge in [0.25, 0.3) is 20.2 Å². The fourth-order valence-electron chi connectivity index (χ4n) is 4.93. The Labute approximate surface area is 280 Å². The van der Waals surface area contributed by atoms with Gasteiger partial charge in [-0.15, -0.1) is 0 Å². The Morgan fingerprint density at radius 3 is 1.77 bits per heavy atom. The van der Waals surface area contributed by atoms with Crippen molar-refractivity contribution >= 4 is 83.8 Å². The largest absolute Gasteiger partial charge is 0.450 e. The summed E-state index contributed by atoms with van der Waals surface area (Å²) in [6.45, 7) is 1.61. The van der Waals surface area contributed by atoms with Crippen LogP contribution in [0.4, 0.5) is 40.3 Å². The van der Waals surface area contributed by atoms with Crippen LogP contribution in [0.2, 0.25) is 10.0 Å². The van der Waals surface area contributed by atoms with E-state index in [0.717, 1.165) is 0 Å². The molecule has 0 amide bonds. The van der Waals surface area contributed by atoms with Crippen LogP contribution in [0.1, 0.15) is 5.82 Å². The molecule has 48 heavy (non-hydrogen) atoms. The van der Waals surface area contributed by atoms with E-state index in [0.29, 0.717) is 11.5 Å². The zero-order valence-electron chi connectivity index (χ0n) is 23.9. The average Bonchev–Trinajstić information content (AvgIpc) is 3.01. The number of aryl methyl sites for hydroxylation is 1. The number of rotatable bonds is 6. The van der Waals surface area contributed by atoms with Crippen LogP contribution < -0.4 is 36.6 Å². The Bertz CT molecular complexity index is 2580. The molecule has 2 aliphatic rings. The topological polar surface area (TPSA) is 241 Å². The molecule has 0 spiro atoms. The molecule has 5 aromatic rings. The average molecular weight is 730 g/mol. The lowest BCUT2D eigenvalue weighted by Gasteiger charge is -2.23. The SMILES string of the molecule is Cc1nc(Nc2ccccc2)nc(Nc2ccc3c(c2S(=O)(=O)O)Oc2c(Cl)c4c(c(Cl)c2=N3)Oc2c(ccc(N)c2S(=O)(=O)O)N=4)n1. The summed E-state index contributed by atoms with van der Waals surface area (Å²) >= 11 is 13.3. The predicted octanol–water partition coefficient (Wildman–Crippen LogP) is 5.16. The number of anilines is 5. The van der Waals surface area contributed by atoms with Crippen LogP contribution in [0.15, 0.2) is 74.4 Å². The highest BCUT2D eigenvalue weighted by Gasteiger charge is 2.34. The summed E-state index contributed by atoms with van der Waals surface area (Å²) in [7, 11) is -9.88. The summed E-state index contributed by atoms with van der Waals surface area (Å²) in [5, 5.41) is 5.06. The molecule has 20 heteroatoms. The maximum absolute atomic E-state index is 12.8. The van der Waals surface area contributed by atoms with Crippen molar-refractivity contribution < 1.29 is 35.4 Å². The summed E-state index contributed by atoms with van der Waals surface area (Å²) in [5.74, 6) is -0.914. The van der Waals surface area contributed by atoms with Gasteiger partial charge in [-0.2, -0.15) is 31.8 Å². The molecule has 0 saturated heterocycles. The maximum Gasteiger partial charge on any atom is 0.300 e. The lowest BCUT2D eigenvalue weighted by molar-refractivity contribution is 0.428. The van der Waals surface area contributed by atoms with Gasteiger partial charge < -0.3 is 25.8 Å². The number of para-hydroxylation sites is 1. The summed E-state index contributed by atoms with van der Waals surface area (Å²) < 4.78 is 81.7. The number of nitrogens with two attached hydrogens (primary N) is 1. The van der Waals surface area contributed by atoms with Crippen LogP contribution in [0, 0.1) is 6.92 Å². The van der Waals surface area contributed by atoms with Gasteiger partial charge >= 0.3 is 0 Å². The molecule has 0 atom stereocenters. The second-order valence-electron chi connectivity index (χ2n) is 10.1. The lowest BCUT2D eigenvalue weighted by atomic mass is 10.2. The van der Waals surface area contributed by atoms with E-state index in [1.165, 1.54) is 24.3 Å². The molecule has 0 radical (unpaired) electrons. The molecular formula is C28H18Cl2N8O8S2. The zero-order chi connectivity index (χ0) is 34.1. The Kier molecular flexibility index (Phi) is 7.38. The number of hydrogen-bond donors (Lipinski definition) is 5. The fraction of sp³-hybridized carbons (Fsp3) is 0.0357. The van der Waals surface area contributed by atoms with Crippen molar-refractivity contribution in [3.63, 3.8) is 0 Å². The van der Waals surface area contributed by atoms with Crippen LogP contribution in [-0.4, -0.2) is 40.9 Å². The first-order chi connectivity index (χ1) is 22.7. The minimum absolute atomic E-state index is 0.0615. The van der Waals surface area contributed by atoms with Crippen LogP contribution >= 0.6 is 23.2 Å². The molecule has 0 fully saturated rings. The smallest absolute Gasteiger partial charge is 0.300 e. The van der Waals surface area contributed by atoms with Gasteiger partial charge in [0.15, 0.2) is 32.8 Å². The van der Waals surface area contributed by atoms with E-state index in [1.807, 2.05) is 18.2 Å². The maximum atomic E-state index is 12.8. The fourth-order valence-corrected chi connectivity index (χ4v) is 6.97. The molecule has 2 aliphatic heterocycles. The number of hydrogen-bond acceptors (Lipinski definition) is 14.